The summed E-state index contributed by atoms with van der Waals surface area (Å²) in [4.78, 5) is 3.09. The fourth-order valence-electron chi connectivity index (χ4n) is 6.62. The van der Waals surface area contributed by atoms with Crippen molar-refractivity contribution in [3.8, 4) is 0 Å². The topological polar surface area (TPSA) is 0 Å². The summed E-state index contributed by atoms with van der Waals surface area (Å²) in [7, 11) is 0. The van der Waals surface area contributed by atoms with Gasteiger partial charge in [0, 0.05) is 29.9 Å². The first-order valence-corrected chi connectivity index (χ1v) is 16.4. The minimum absolute atomic E-state index is 1.21. The molecule has 0 spiro atoms. The lowest BCUT2D eigenvalue weighted by Gasteiger charge is -2.16. The van der Waals surface area contributed by atoms with E-state index in [1.165, 1.54) is 127 Å². The van der Waals surface area contributed by atoms with Gasteiger partial charge in [0.2, 0.25) is 0 Å². The van der Waals surface area contributed by atoms with Gasteiger partial charge >= 0.3 is 0 Å². The highest BCUT2D eigenvalue weighted by molar-refractivity contribution is 7.20. The van der Waals surface area contributed by atoms with Crippen LogP contribution in [-0.2, 0) is 12.8 Å². The van der Waals surface area contributed by atoms with E-state index >= 15 is 0 Å². The van der Waals surface area contributed by atoms with Crippen LogP contribution >= 0.6 is 22.7 Å². The predicted molar refractivity (Wildman–Crippen MR) is 174 cm³/mol. The first-order valence-electron chi connectivity index (χ1n) is 14.7. The molecule has 0 bridgehead atoms. The average molecular weight is 533 g/mol. The summed E-state index contributed by atoms with van der Waals surface area (Å²) in [5, 5.41) is 14.3. The quantitative estimate of drug-likeness (QED) is 0.0933. The molecule has 0 N–H and O–H groups in total. The Hall–Kier alpha value is -2.68. The van der Waals surface area contributed by atoms with Crippen LogP contribution in [0.1, 0.15) is 75.0 Å². The van der Waals surface area contributed by atoms with Crippen LogP contribution < -0.4 is 0 Å². The van der Waals surface area contributed by atoms with Crippen molar-refractivity contribution < 1.29 is 0 Å². The third kappa shape index (κ3) is 4.00. The average Bonchev–Trinajstić information content (AvgIpc) is 3.55. The van der Waals surface area contributed by atoms with E-state index in [2.05, 4.69) is 74.5 Å². The van der Waals surface area contributed by atoms with Crippen molar-refractivity contribution >= 4 is 85.9 Å². The minimum Gasteiger partial charge on any atom is -0.140 e. The molecule has 38 heavy (non-hydrogen) atoms. The van der Waals surface area contributed by atoms with Gasteiger partial charge in [0.15, 0.2) is 0 Å². The molecule has 5 aromatic carbocycles. The molecule has 2 heteroatoms. The maximum absolute atomic E-state index is 2.50. The monoisotopic (exact) mass is 532 g/mol. The van der Waals surface area contributed by atoms with Crippen molar-refractivity contribution in [3.05, 3.63) is 70.4 Å². The van der Waals surface area contributed by atoms with Crippen molar-refractivity contribution in [1.82, 2.24) is 0 Å². The third-order valence-electron chi connectivity index (χ3n) is 8.52. The zero-order valence-corrected chi connectivity index (χ0v) is 24.3. The fourth-order valence-corrected chi connectivity index (χ4v) is 9.04. The Morgan fingerprint density at radius 2 is 0.947 bits per heavy atom. The second kappa shape index (κ2) is 10.1. The molecule has 7 aromatic rings. The molecule has 0 amide bonds. The van der Waals surface area contributed by atoms with E-state index in [9.17, 15) is 0 Å². The molecule has 192 valence electrons. The van der Waals surface area contributed by atoms with Gasteiger partial charge in [-0.2, -0.15) is 0 Å². The predicted octanol–water partition coefficient (Wildman–Crippen LogP) is 12.4. The summed E-state index contributed by atoms with van der Waals surface area (Å²) >= 11 is 4.07. The van der Waals surface area contributed by atoms with Crippen LogP contribution in [0.4, 0.5) is 0 Å². The summed E-state index contributed by atoms with van der Waals surface area (Å²) in [5.41, 5.74) is 0. The van der Waals surface area contributed by atoms with E-state index in [4.69, 9.17) is 0 Å². The Bertz CT molecular complexity index is 1760. The van der Waals surface area contributed by atoms with Crippen LogP contribution in [-0.4, -0.2) is 0 Å². The highest BCUT2D eigenvalue weighted by Gasteiger charge is 2.19. The summed E-state index contributed by atoms with van der Waals surface area (Å²) in [6.45, 7) is 4.59. The van der Waals surface area contributed by atoms with Crippen molar-refractivity contribution in [2.24, 2.45) is 0 Å². The number of fused-ring (bicyclic) bond motifs is 7. The lowest BCUT2D eigenvalue weighted by molar-refractivity contribution is 0.670. The molecule has 0 saturated carbocycles. The number of hydrogen-bond donors (Lipinski definition) is 0. The Morgan fingerprint density at radius 1 is 0.474 bits per heavy atom. The normalized spacial score (nSPS) is 12.5. The SMILES string of the molecule is CCCCCCc1cc2cc3c4ccccc4c4cc5cc(CCCCCC)sc5c5ccc(c2s1)c3c45. The molecule has 7 rings (SSSR count). The zero-order chi connectivity index (χ0) is 25.6. The van der Waals surface area contributed by atoms with E-state index in [0.717, 1.165) is 0 Å². The summed E-state index contributed by atoms with van der Waals surface area (Å²) in [6.07, 6.45) is 13.0. The molecule has 0 radical (unpaired) electrons. The summed E-state index contributed by atoms with van der Waals surface area (Å²) in [5.74, 6) is 0. The maximum atomic E-state index is 2.50. The van der Waals surface area contributed by atoms with Gasteiger partial charge < -0.3 is 0 Å². The highest BCUT2D eigenvalue weighted by Crippen LogP contribution is 2.48. The van der Waals surface area contributed by atoms with Gasteiger partial charge in [-0.05, 0) is 93.0 Å². The lowest BCUT2D eigenvalue weighted by Crippen LogP contribution is -1.87. The molecular weight excluding hydrogens is 497 g/mol. The van der Waals surface area contributed by atoms with Crippen molar-refractivity contribution in [3.63, 3.8) is 0 Å². The zero-order valence-electron chi connectivity index (χ0n) is 22.7. The minimum atomic E-state index is 1.21. The number of thiophene rings is 2. The van der Waals surface area contributed by atoms with Crippen molar-refractivity contribution in [2.45, 2.75) is 78.1 Å². The number of benzene rings is 5. The van der Waals surface area contributed by atoms with Crippen LogP contribution in [0.5, 0.6) is 0 Å². The van der Waals surface area contributed by atoms with Crippen LogP contribution in [0.3, 0.4) is 0 Å². The largest absolute Gasteiger partial charge is 0.140 e. The van der Waals surface area contributed by atoms with Crippen LogP contribution in [0.25, 0.3) is 63.3 Å². The van der Waals surface area contributed by atoms with Crippen molar-refractivity contribution in [2.75, 3.05) is 0 Å². The number of unbranched alkanes of at least 4 members (excludes halogenated alkanes) is 6. The van der Waals surface area contributed by atoms with E-state index in [1.54, 1.807) is 9.75 Å². The number of hydrogen-bond acceptors (Lipinski definition) is 2. The van der Waals surface area contributed by atoms with E-state index in [0.29, 0.717) is 0 Å². The van der Waals surface area contributed by atoms with Crippen LogP contribution in [0.2, 0.25) is 0 Å². The molecule has 0 atom stereocenters. The molecule has 2 heterocycles. The van der Waals surface area contributed by atoms with Gasteiger partial charge in [0.25, 0.3) is 0 Å². The Morgan fingerprint density at radius 3 is 1.39 bits per heavy atom. The first-order chi connectivity index (χ1) is 18.8. The second-order valence-electron chi connectivity index (χ2n) is 11.2. The van der Waals surface area contributed by atoms with Crippen LogP contribution in [0.15, 0.2) is 60.7 Å². The molecular formula is C36H36S2. The van der Waals surface area contributed by atoms with Gasteiger partial charge in [-0.3, -0.25) is 0 Å². The molecule has 0 unspecified atom stereocenters. The molecule has 0 aliphatic heterocycles. The van der Waals surface area contributed by atoms with E-state index < -0.39 is 0 Å². The van der Waals surface area contributed by atoms with Crippen molar-refractivity contribution in [1.29, 1.82) is 0 Å². The van der Waals surface area contributed by atoms with Gasteiger partial charge in [0.1, 0.15) is 0 Å². The van der Waals surface area contributed by atoms with E-state index in [-0.39, 0.29) is 0 Å². The Kier molecular flexibility index (Phi) is 6.50. The molecule has 0 nitrogen and oxygen atoms in total. The lowest BCUT2D eigenvalue weighted by atomic mass is 9.88. The van der Waals surface area contributed by atoms with E-state index in [1.807, 2.05) is 22.7 Å². The molecule has 0 saturated heterocycles. The Balaban J connectivity index is 1.47. The molecule has 2 aromatic heterocycles. The Labute approximate surface area is 233 Å². The standard InChI is InChI=1S/C36H36S2/c1-3-5-7-9-13-25-19-23-21-31-27-15-11-12-16-28(27)32-22-24-20-26(14-10-8-6-4-2)38-36(24)30-18-17-29(35(23)37-25)33(31)34(30)32/h11-12,15-22H,3-10,13-14H2,1-2H3. The fraction of sp³-hybridized carbons (Fsp3) is 0.333. The molecule has 0 aliphatic rings. The van der Waals surface area contributed by atoms with Gasteiger partial charge in [-0.25, -0.2) is 0 Å². The summed E-state index contributed by atoms with van der Waals surface area (Å²) < 4.78 is 2.95. The maximum Gasteiger partial charge on any atom is 0.0424 e. The number of rotatable bonds is 10. The molecule has 0 fully saturated rings. The molecule has 0 aliphatic carbocycles. The first kappa shape index (κ1) is 24.4. The van der Waals surface area contributed by atoms with Gasteiger partial charge in [-0.15, -0.1) is 22.7 Å². The number of aryl methyl sites for hydroxylation is 2. The summed E-state index contributed by atoms with van der Waals surface area (Å²) in [6, 6.07) is 24.0. The smallest absolute Gasteiger partial charge is 0.0424 e. The van der Waals surface area contributed by atoms with Gasteiger partial charge in [-0.1, -0.05) is 88.8 Å². The highest BCUT2D eigenvalue weighted by atomic mass is 32.1. The third-order valence-corrected chi connectivity index (χ3v) is 11.0. The second-order valence-corrected chi connectivity index (χ2v) is 13.5. The van der Waals surface area contributed by atoms with Gasteiger partial charge in [0.05, 0.1) is 0 Å². The van der Waals surface area contributed by atoms with Crippen LogP contribution in [0, 0.1) is 0 Å².